The van der Waals surface area contributed by atoms with E-state index >= 15 is 0 Å². The van der Waals surface area contributed by atoms with Gasteiger partial charge in [0.15, 0.2) is 0 Å². The van der Waals surface area contributed by atoms with E-state index in [2.05, 4.69) is 0 Å². The van der Waals surface area contributed by atoms with Crippen molar-refractivity contribution in [1.29, 1.82) is 0 Å². The topological polar surface area (TPSA) is 70.0 Å². The second-order valence-corrected chi connectivity index (χ2v) is 8.03. The van der Waals surface area contributed by atoms with Gasteiger partial charge in [-0.15, -0.1) is 0 Å². The van der Waals surface area contributed by atoms with E-state index < -0.39 is 12.2 Å². The molecule has 3 unspecified atom stereocenters. The lowest BCUT2D eigenvalue weighted by atomic mass is 9.88. The number of nitrogens with zero attached hydrogens (tertiary/aromatic N) is 1. The SMILES string of the molecule is CC(C)(C)C1CN(C(=O)O)CC(CO)C(c2ccc(Cl)c(Cl)c2)O1. The van der Waals surface area contributed by atoms with Gasteiger partial charge in [-0.2, -0.15) is 0 Å². The van der Waals surface area contributed by atoms with E-state index in [9.17, 15) is 15.0 Å². The summed E-state index contributed by atoms with van der Waals surface area (Å²) in [5, 5.41) is 20.1. The highest BCUT2D eigenvalue weighted by Crippen LogP contribution is 2.38. The molecule has 1 aliphatic heterocycles. The van der Waals surface area contributed by atoms with Crippen LogP contribution < -0.4 is 0 Å². The molecule has 1 aromatic carbocycles. The van der Waals surface area contributed by atoms with E-state index in [4.69, 9.17) is 27.9 Å². The average molecular weight is 376 g/mol. The Kier molecular flexibility index (Phi) is 6.02. The molecule has 0 spiro atoms. The molecule has 5 nitrogen and oxygen atoms in total. The van der Waals surface area contributed by atoms with Gasteiger partial charge in [0.05, 0.1) is 35.4 Å². The molecular formula is C17H23Cl2NO4. The largest absolute Gasteiger partial charge is 0.465 e. The Morgan fingerprint density at radius 2 is 1.96 bits per heavy atom. The average Bonchev–Trinajstić information content (AvgIpc) is 2.69. The lowest BCUT2D eigenvalue weighted by molar-refractivity contribution is -0.0827. The summed E-state index contributed by atoms with van der Waals surface area (Å²) in [6.45, 7) is 6.27. The third-order valence-corrected chi connectivity index (χ3v) is 5.06. The zero-order valence-corrected chi connectivity index (χ0v) is 15.5. The normalized spacial score (nSPS) is 25.4. The number of hydrogen-bond acceptors (Lipinski definition) is 3. The van der Waals surface area contributed by atoms with Crippen LogP contribution in [-0.4, -0.2) is 47.0 Å². The molecule has 3 atom stereocenters. The summed E-state index contributed by atoms with van der Waals surface area (Å²) in [6.07, 6.45) is -1.79. The predicted octanol–water partition coefficient (Wildman–Crippen LogP) is 4.07. The summed E-state index contributed by atoms with van der Waals surface area (Å²) in [6, 6.07) is 5.20. The van der Waals surface area contributed by atoms with Crippen LogP contribution in [0, 0.1) is 11.3 Å². The van der Waals surface area contributed by atoms with Crippen LogP contribution in [0.5, 0.6) is 0 Å². The number of amides is 1. The van der Waals surface area contributed by atoms with Crippen molar-refractivity contribution in [3.8, 4) is 0 Å². The first kappa shape index (κ1) is 19.3. The van der Waals surface area contributed by atoms with Crippen LogP contribution in [0.1, 0.15) is 32.4 Å². The molecule has 7 heteroatoms. The number of halogens is 2. The van der Waals surface area contributed by atoms with Crippen LogP contribution in [0.3, 0.4) is 0 Å². The monoisotopic (exact) mass is 375 g/mol. The van der Waals surface area contributed by atoms with E-state index in [1.165, 1.54) is 4.90 Å². The number of carbonyl (C=O) groups is 1. The standard InChI is InChI=1S/C17H23Cl2NO4/c1-17(2,3)14-8-20(16(22)23)7-11(9-21)15(24-14)10-4-5-12(18)13(19)6-10/h4-6,11,14-15,21H,7-9H2,1-3H3,(H,22,23). The lowest BCUT2D eigenvalue weighted by Crippen LogP contribution is -2.42. The van der Waals surface area contributed by atoms with Crippen molar-refractivity contribution in [3.05, 3.63) is 33.8 Å². The number of rotatable bonds is 2. The molecule has 1 saturated heterocycles. The smallest absolute Gasteiger partial charge is 0.407 e. The summed E-state index contributed by atoms with van der Waals surface area (Å²) in [7, 11) is 0. The Labute approximate surface area is 152 Å². The van der Waals surface area contributed by atoms with Gasteiger partial charge in [-0.3, -0.25) is 0 Å². The highest BCUT2D eigenvalue weighted by Gasteiger charge is 2.39. The van der Waals surface area contributed by atoms with Gasteiger partial charge in [-0.1, -0.05) is 50.0 Å². The summed E-state index contributed by atoms with van der Waals surface area (Å²) in [4.78, 5) is 12.8. The van der Waals surface area contributed by atoms with E-state index in [0.717, 1.165) is 5.56 Å². The van der Waals surface area contributed by atoms with Crippen molar-refractivity contribution < 1.29 is 19.7 Å². The second kappa shape index (κ2) is 7.48. The van der Waals surface area contributed by atoms with Crippen LogP contribution in [-0.2, 0) is 4.74 Å². The van der Waals surface area contributed by atoms with Crippen LogP contribution >= 0.6 is 23.2 Å². The molecule has 134 valence electrons. The molecule has 1 amide bonds. The number of aliphatic hydroxyl groups is 1. The van der Waals surface area contributed by atoms with Crippen molar-refractivity contribution in [2.24, 2.45) is 11.3 Å². The third kappa shape index (κ3) is 4.33. The summed E-state index contributed by atoms with van der Waals surface area (Å²) < 4.78 is 6.27. The molecule has 1 aliphatic rings. The molecular weight excluding hydrogens is 353 g/mol. The summed E-state index contributed by atoms with van der Waals surface area (Å²) >= 11 is 12.1. The first-order valence-corrected chi connectivity index (χ1v) is 8.58. The zero-order chi connectivity index (χ0) is 18.1. The van der Waals surface area contributed by atoms with Gasteiger partial charge in [0.1, 0.15) is 0 Å². The molecule has 1 heterocycles. The first-order valence-electron chi connectivity index (χ1n) is 7.82. The van der Waals surface area contributed by atoms with E-state index in [-0.39, 0.29) is 37.1 Å². The molecule has 0 aromatic heterocycles. The van der Waals surface area contributed by atoms with Crippen LogP contribution in [0.2, 0.25) is 10.0 Å². The number of hydrogen-bond donors (Lipinski definition) is 2. The fraction of sp³-hybridized carbons (Fsp3) is 0.588. The molecule has 0 saturated carbocycles. The Bertz CT molecular complexity index is 603. The Morgan fingerprint density at radius 3 is 2.46 bits per heavy atom. The quantitative estimate of drug-likeness (QED) is 0.817. The fourth-order valence-corrected chi connectivity index (χ4v) is 3.12. The van der Waals surface area contributed by atoms with Crippen molar-refractivity contribution in [1.82, 2.24) is 4.90 Å². The molecule has 24 heavy (non-hydrogen) atoms. The number of ether oxygens (including phenoxy) is 1. The molecule has 0 radical (unpaired) electrons. The van der Waals surface area contributed by atoms with Crippen molar-refractivity contribution in [3.63, 3.8) is 0 Å². The van der Waals surface area contributed by atoms with Gasteiger partial charge >= 0.3 is 6.09 Å². The number of benzene rings is 1. The number of aliphatic hydroxyl groups excluding tert-OH is 1. The van der Waals surface area contributed by atoms with Gasteiger partial charge < -0.3 is 19.8 Å². The van der Waals surface area contributed by atoms with Gasteiger partial charge in [0.25, 0.3) is 0 Å². The maximum atomic E-state index is 11.5. The fourth-order valence-electron chi connectivity index (χ4n) is 2.81. The highest BCUT2D eigenvalue weighted by atomic mass is 35.5. The molecule has 1 fully saturated rings. The Balaban J connectivity index is 2.42. The van der Waals surface area contributed by atoms with E-state index in [1.54, 1.807) is 18.2 Å². The van der Waals surface area contributed by atoms with Crippen LogP contribution in [0.25, 0.3) is 0 Å². The highest BCUT2D eigenvalue weighted by molar-refractivity contribution is 6.42. The minimum absolute atomic E-state index is 0.189. The third-order valence-electron chi connectivity index (χ3n) is 4.32. The van der Waals surface area contributed by atoms with Gasteiger partial charge in [-0.25, -0.2) is 4.79 Å². The van der Waals surface area contributed by atoms with E-state index in [1.807, 2.05) is 20.8 Å². The Hall–Kier alpha value is -1.01. The number of carboxylic acid groups (broad SMARTS) is 1. The first-order chi connectivity index (χ1) is 11.1. The van der Waals surface area contributed by atoms with Gasteiger partial charge in [-0.05, 0) is 23.1 Å². The minimum Gasteiger partial charge on any atom is -0.465 e. The van der Waals surface area contributed by atoms with Crippen LogP contribution in [0.15, 0.2) is 18.2 Å². The maximum absolute atomic E-state index is 11.5. The van der Waals surface area contributed by atoms with Gasteiger partial charge in [0.2, 0.25) is 0 Å². The molecule has 0 aliphatic carbocycles. The van der Waals surface area contributed by atoms with E-state index in [0.29, 0.717) is 10.0 Å². The molecule has 2 N–H and O–H groups in total. The summed E-state index contributed by atoms with van der Waals surface area (Å²) in [5.74, 6) is -0.384. The maximum Gasteiger partial charge on any atom is 0.407 e. The van der Waals surface area contributed by atoms with Gasteiger partial charge in [0, 0.05) is 12.5 Å². The minimum atomic E-state index is -1.01. The predicted molar refractivity (Wildman–Crippen MR) is 93.7 cm³/mol. The molecule has 2 rings (SSSR count). The summed E-state index contributed by atoms with van der Waals surface area (Å²) in [5.41, 5.74) is 0.525. The second-order valence-electron chi connectivity index (χ2n) is 7.22. The Morgan fingerprint density at radius 1 is 1.29 bits per heavy atom. The zero-order valence-electron chi connectivity index (χ0n) is 14.0. The van der Waals surface area contributed by atoms with Crippen molar-refractivity contribution >= 4 is 29.3 Å². The lowest BCUT2D eigenvalue weighted by Gasteiger charge is -2.34. The van der Waals surface area contributed by atoms with Crippen molar-refractivity contribution in [2.45, 2.75) is 33.0 Å². The van der Waals surface area contributed by atoms with Crippen molar-refractivity contribution in [2.75, 3.05) is 19.7 Å². The molecule has 0 bridgehead atoms. The molecule has 1 aromatic rings. The van der Waals surface area contributed by atoms with Crippen LogP contribution in [0.4, 0.5) is 4.79 Å².